The fraction of sp³-hybridized carbons (Fsp3) is 0.500. The van der Waals surface area contributed by atoms with Crippen LogP contribution in [-0.2, 0) is 11.2 Å². The Balaban J connectivity index is 2.78. The van der Waals surface area contributed by atoms with Crippen molar-refractivity contribution >= 4 is 11.2 Å². The summed E-state index contributed by atoms with van der Waals surface area (Å²) in [5.74, 6) is 1.73. The van der Waals surface area contributed by atoms with E-state index in [-0.39, 0.29) is 0 Å². The van der Waals surface area contributed by atoms with Crippen LogP contribution in [0.25, 0.3) is 0 Å². The van der Waals surface area contributed by atoms with Gasteiger partial charge >= 0.3 is 0 Å². The summed E-state index contributed by atoms with van der Waals surface area (Å²) in [5, 5.41) is 0. The molecule has 2 heteroatoms. The summed E-state index contributed by atoms with van der Waals surface area (Å²) in [4.78, 5) is 0. The Hall–Kier alpha value is -0.470. The number of rotatable bonds is 4. The highest BCUT2D eigenvalue weighted by Crippen LogP contribution is 2.25. The zero-order chi connectivity index (χ0) is 10.6. The van der Waals surface area contributed by atoms with Crippen LogP contribution in [0.2, 0.25) is 0 Å². The van der Waals surface area contributed by atoms with Crippen molar-refractivity contribution in [3.63, 3.8) is 0 Å². The Morgan fingerprint density at radius 2 is 1.79 bits per heavy atom. The van der Waals surface area contributed by atoms with Gasteiger partial charge in [-0.25, -0.2) is 0 Å². The van der Waals surface area contributed by atoms with Crippen molar-refractivity contribution in [1.29, 1.82) is 0 Å². The summed E-state index contributed by atoms with van der Waals surface area (Å²) in [6, 6.07) is 10.4. The fourth-order valence-corrected chi connectivity index (χ4v) is 2.71. The topological polar surface area (TPSA) is 23.1 Å². The molecule has 0 saturated heterocycles. The Morgan fingerprint density at radius 1 is 1.21 bits per heavy atom. The van der Waals surface area contributed by atoms with Crippen LogP contribution in [-0.4, -0.2) is 16.6 Å². The molecule has 0 fully saturated rings. The zero-order valence-corrected chi connectivity index (χ0v) is 9.88. The fourth-order valence-electron chi connectivity index (χ4n) is 1.63. The monoisotopic (exact) mass is 210 g/mol. The molecule has 0 aromatic heterocycles. The van der Waals surface area contributed by atoms with Gasteiger partial charge in [0.1, 0.15) is 5.75 Å². The predicted molar refractivity (Wildman–Crippen MR) is 63.0 cm³/mol. The van der Waals surface area contributed by atoms with Gasteiger partial charge in [-0.05, 0) is 11.5 Å². The van der Waals surface area contributed by atoms with E-state index >= 15 is 0 Å². The van der Waals surface area contributed by atoms with Crippen LogP contribution in [0.1, 0.15) is 25.3 Å². The van der Waals surface area contributed by atoms with E-state index in [0.717, 1.165) is 5.75 Å². The number of hydrogen-bond donors (Lipinski definition) is 0. The summed E-state index contributed by atoms with van der Waals surface area (Å²) < 4.78 is 11.2. The van der Waals surface area contributed by atoms with Crippen molar-refractivity contribution in [3.05, 3.63) is 35.9 Å². The molecular formula is C12H18OS. The third kappa shape index (κ3) is 3.35. The Bertz CT molecular complexity index is 256. The van der Waals surface area contributed by atoms with Crippen molar-refractivity contribution in [2.45, 2.75) is 19.8 Å². The molecule has 14 heavy (non-hydrogen) atoms. The second-order valence-corrected chi connectivity index (χ2v) is 5.48. The van der Waals surface area contributed by atoms with Gasteiger partial charge in [0.2, 0.25) is 0 Å². The van der Waals surface area contributed by atoms with Crippen LogP contribution in [0.3, 0.4) is 0 Å². The molecule has 0 saturated carbocycles. The molecule has 1 aromatic carbocycles. The first-order valence-electron chi connectivity index (χ1n) is 4.96. The third-order valence-electron chi connectivity index (χ3n) is 2.45. The van der Waals surface area contributed by atoms with E-state index in [1.807, 2.05) is 18.2 Å². The lowest BCUT2D eigenvalue weighted by Crippen LogP contribution is -2.18. The summed E-state index contributed by atoms with van der Waals surface area (Å²) in [6.45, 7) is 4.37. The largest absolute Gasteiger partial charge is 0.617 e. The Kier molecular flexibility index (Phi) is 4.49. The van der Waals surface area contributed by atoms with Crippen LogP contribution in [0.5, 0.6) is 0 Å². The molecule has 0 aliphatic rings. The van der Waals surface area contributed by atoms with Gasteiger partial charge in [-0.2, -0.15) is 0 Å². The highest BCUT2D eigenvalue weighted by Gasteiger charge is 2.19. The first-order chi connectivity index (χ1) is 6.61. The molecule has 0 N–H and O–H groups in total. The van der Waals surface area contributed by atoms with E-state index in [4.69, 9.17) is 0 Å². The normalized spacial score (nSPS) is 15.5. The molecular weight excluding hydrogens is 192 g/mol. The highest BCUT2D eigenvalue weighted by molar-refractivity contribution is 7.90. The van der Waals surface area contributed by atoms with Crippen LogP contribution < -0.4 is 0 Å². The zero-order valence-electron chi connectivity index (χ0n) is 9.07. The second-order valence-electron chi connectivity index (χ2n) is 4.00. The van der Waals surface area contributed by atoms with E-state index in [1.165, 1.54) is 5.56 Å². The SMILES string of the molecule is CC(C)C(C[S+](C)[O-])c1ccccc1. The van der Waals surface area contributed by atoms with Gasteiger partial charge in [0, 0.05) is 5.92 Å². The lowest BCUT2D eigenvalue weighted by molar-refractivity contribution is 0.522. The van der Waals surface area contributed by atoms with Gasteiger partial charge in [0.15, 0.2) is 0 Å². The van der Waals surface area contributed by atoms with Crippen molar-refractivity contribution in [2.75, 3.05) is 12.0 Å². The molecule has 1 rings (SSSR count). The molecule has 78 valence electrons. The molecule has 0 amide bonds. The molecule has 0 radical (unpaired) electrons. The van der Waals surface area contributed by atoms with E-state index in [9.17, 15) is 4.55 Å². The van der Waals surface area contributed by atoms with Gasteiger partial charge in [-0.15, -0.1) is 0 Å². The van der Waals surface area contributed by atoms with Crippen molar-refractivity contribution in [3.8, 4) is 0 Å². The summed E-state index contributed by atoms with van der Waals surface area (Å²) in [7, 11) is 0. The number of hydrogen-bond acceptors (Lipinski definition) is 1. The Morgan fingerprint density at radius 3 is 2.21 bits per heavy atom. The average molecular weight is 210 g/mol. The van der Waals surface area contributed by atoms with Crippen molar-refractivity contribution in [2.24, 2.45) is 5.92 Å². The minimum Gasteiger partial charge on any atom is -0.617 e. The molecule has 1 aromatic rings. The quantitative estimate of drug-likeness (QED) is 0.701. The minimum absolute atomic E-state index is 0.419. The van der Waals surface area contributed by atoms with Gasteiger partial charge < -0.3 is 4.55 Å². The molecule has 2 unspecified atom stereocenters. The van der Waals surface area contributed by atoms with Crippen molar-refractivity contribution < 1.29 is 4.55 Å². The highest BCUT2D eigenvalue weighted by atomic mass is 32.2. The predicted octanol–water partition coefficient (Wildman–Crippen LogP) is 2.80. The number of benzene rings is 1. The van der Waals surface area contributed by atoms with E-state index in [2.05, 4.69) is 26.0 Å². The second kappa shape index (κ2) is 5.42. The van der Waals surface area contributed by atoms with Crippen LogP contribution in [0.15, 0.2) is 30.3 Å². The van der Waals surface area contributed by atoms with E-state index in [1.54, 1.807) is 6.26 Å². The molecule has 0 aliphatic carbocycles. The van der Waals surface area contributed by atoms with Gasteiger partial charge in [-0.3, -0.25) is 0 Å². The summed E-state index contributed by atoms with van der Waals surface area (Å²) in [5.41, 5.74) is 1.30. The van der Waals surface area contributed by atoms with Crippen molar-refractivity contribution in [1.82, 2.24) is 0 Å². The molecule has 0 spiro atoms. The van der Waals surface area contributed by atoms with Crippen LogP contribution >= 0.6 is 0 Å². The van der Waals surface area contributed by atoms with Gasteiger partial charge in [0.05, 0.1) is 6.26 Å². The first-order valence-corrected chi connectivity index (χ1v) is 6.69. The molecule has 0 bridgehead atoms. The molecule has 0 heterocycles. The van der Waals surface area contributed by atoms with E-state index in [0.29, 0.717) is 11.8 Å². The summed E-state index contributed by atoms with van der Waals surface area (Å²) >= 11 is -0.717. The molecule has 1 nitrogen and oxygen atoms in total. The average Bonchev–Trinajstić information content (AvgIpc) is 2.15. The van der Waals surface area contributed by atoms with Crippen LogP contribution in [0, 0.1) is 5.92 Å². The third-order valence-corrected chi connectivity index (χ3v) is 3.28. The van der Waals surface area contributed by atoms with Gasteiger partial charge in [0.25, 0.3) is 0 Å². The lowest BCUT2D eigenvalue weighted by atomic mass is 9.90. The maximum absolute atomic E-state index is 11.2. The maximum atomic E-state index is 11.2. The van der Waals surface area contributed by atoms with Crippen LogP contribution in [0.4, 0.5) is 0 Å². The molecule has 0 aliphatic heterocycles. The Labute approximate surface area is 89.7 Å². The molecule has 2 atom stereocenters. The smallest absolute Gasteiger partial charge is 0.112 e. The minimum atomic E-state index is -0.717. The summed E-state index contributed by atoms with van der Waals surface area (Å²) in [6.07, 6.45) is 1.78. The van der Waals surface area contributed by atoms with Gasteiger partial charge in [-0.1, -0.05) is 55.4 Å². The first kappa shape index (κ1) is 11.6. The lowest BCUT2D eigenvalue weighted by Gasteiger charge is -2.21. The standard InChI is InChI=1S/C12H18OS/c1-10(2)12(9-14(3)13)11-7-5-4-6-8-11/h4-8,10,12H,9H2,1-3H3. The maximum Gasteiger partial charge on any atom is 0.112 e. The van der Waals surface area contributed by atoms with E-state index < -0.39 is 11.2 Å².